The molecule has 210 valence electrons. The molecule has 1 aliphatic heterocycles. The molecule has 0 spiro atoms. The van der Waals surface area contributed by atoms with E-state index in [0.717, 1.165) is 70.8 Å². The number of anilines is 1. The predicted octanol–water partition coefficient (Wildman–Crippen LogP) is 3.86. The van der Waals surface area contributed by atoms with Gasteiger partial charge in [-0.15, -0.1) is 0 Å². The van der Waals surface area contributed by atoms with Gasteiger partial charge in [-0.05, 0) is 74.7 Å². The molecule has 40 heavy (non-hydrogen) atoms. The van der Waals surface area contributed by atoms with Crippen LogP contribution in [0.2, 0.25) is 0 Å². The van der Waals surface area contributed by atoms with Gasteiger partial charge in [0.25, 0.3) is 11.5 Å². The Bertz CT molecular complexity index is 1580. The van der Waals surface area contributed by atoms with E-state index < -0.39 is 0 Å². The van der Waals surface area contributed by atoms with E-state index in [9.17, 15) is 9.59 Å². The molecule has 4 heterocycles. The van der Waals surface area contributed by atoms with Crippen LogP contribution in [0, 0.1) is 20.8 Å². The number of hydrogen-bond acceptors (Lipinski definition) is 6. The predicted molar refractivity (Wildman–Crippen MR) is 159 cm³/mol. The van der Waals surface area contributed by atoms with Crippen molar-refractivity contribution in [1.82, 2.24) is 25.2 Å². The summed E-state index contributed by atoms with van der Waals surface area (Å²) in [7, 11) is 1.69. The number of H-pyrrole nitrogens is 1. The Kier molecular flexibility index (Phi) is 8.04. The molecule has 9 heteroatoms. The highest BCUT2D eigenvalue weighted by Gasteiger charge is 2.21. The molecule has 3 aromatic heterocycles. The second kappa shape index (κ2) is 11.7. The summed E-state index contributed by atoms with van der Waals surface area (Å²) in [4.78, 5) is 36.2. The molecule has 0 aliphatic carbocycles. The maximum absolute atomic E-state index is 13.7. The van der Waals surface area contributed by atoms with E-state index in [-0.39, 0.29) is 24.1 Å². The van der Waals surface area contributed by atoms with E-state index in [1.807, 2.05) is 39.1 Å². The molecule has 0 bridgehead atoms. The van der Waals surface area contributed by atoms with Gasteiger partial charge in [0, 0.05) is 80.0 Å². The van der Waals surface area contributed by atoms with Crippen LogP contribution in [0.3, 0.4) is 0 Å². The molecule has 1 aromatic carbocycles. The Morgan fingerprint density at radius 3 is 2.55 bits per heavy atom. The highest BCUT2D eigenvalue weighted by atomic mass is 16.5. The normalized spacial score (nSPS) is 14.5. The van der Waals surface area contributed by atoms with Gasteiger partial charge in [-0.3, -0.25) is 9.59 Å². The van der Waals surface area contributed by atoms with E-state index >= 15 is 0 Å². The van der Waals surface area contributed by atoms with Gasteiger partial charge in [-0.2, -0.15) is 0 Å². The first kappa shape index (κ1) is 27.6. The first-order valence-corrected chi connectivity index (χ1v) is 13.8. The molecule has 1 amide bonds. The number of carbonyl (C=O) groups excluding carboxylic acids is 1. The van der Waals surface area contributed by atoms with Crippen molar-refractivity contribution in [1.29, 1.82) is 0 Å². The number of ether oxygens (including phenoxy) is 1. The monoisotopic (exact) mass is 542 g/mol. The number of fused-ring (bicyclic) bond motifs is 1. The fourth-order valence-electron chi connectivity index (χ4n) is 5.62. The summed E-state index contributed by atoms with van der Waals surface area (Å²) >= 11 is 0. The SMILES string of the molecule is COCC(C)n1cc(C)c2c(C(=O)NCc3c(C)cc(C)[nH]c3=O)cc(-c3ccc(N4CCNCC4)nc3)cc21. The molecular formula is C31H38N6O3. The van der Waals surface area contributed by atoms with E-state index in [4.69, 9.17) is 9.72 Å². The van der Waals surface area contributed by atoms with Gasteiger partial charge in [-0.1, -0.05) is 0 Å². The zero-order valence-corrected chi connectivity index (χ0v) is 23.9. The van der Waals surface area contributed by atoms with Crippen LogP contribution in [0.15, 0.2) is 47.5 Å². The minimum absolute atomic E-state index is 0.0781. The third-order valence-electron chi connectivity index (χ3n) is 7.69. The molecule has 9 nitrogen and oxygen atoms in total. The maximum Gasteiger partial charge on any atom is 0.253 e. The number of carbonyl (C=O) groups is 1. The van der Waals surface area contributed by atoms with Gasteiger partial charge in [0.05, 0.1) is 18.2 Å². The fourth-order valence-corrected chi connectivity index (χ4v) is 5.62. The number of aromatic nitrogens is 3. The van der Waals surface area contributed by atoms with Crippen molar-refractivity contribution >= 4 is 22.6 Å². The van der Waals surface area contributed by atoms with Crippen molar-refractivity contribution in [3.8, 4) is 11.1 Å². The molecule has 0 saturated carbocycles. The first-order valence-electron chi connectivity index (χ1n) is 13.8. The maximum atomic E-state index is 13.7. The summed E-state index contributed by atoms with van der Waals surface area (Å²) in [6.45, 7) is 12.3. The number of amides is 1. The molecule has 1 aliphatic rings. The van der Waals surface area contributed by atoms with Crippen molar-refractivity contribution in [2.24, 2.45) is 0 Å². The van der Waals surface area contributed by atoms with Gasteiger partial charge in [0.15, 0.2) is 0 Å². The van der Waals surface area contributed by atoms with Gasteiger partial charge >= 0.3 is 0 Å². The van der Waals surface area contributed by atoms with Crippen LogP contribution in [0.4, 0.5) is 5.82 Å². The smallest absolute Gasteiger partial charge is 0.253 e. The highest BCUT2D eigenvalue weighted by molar-refractivity contribution is 6.09. The topological polar surface area (TPSA) is 104 Å². The van der Waals surface area contributed by atoms with E-state index in [1.165, 1.54) is 0 Å². The third kappa shape index (κ3) is 5.52. The number of nitrogens with one attached hydrogen (secondary N) is 3. The third-order valence-corrected chi connectivity index (χ3v) is 7.69. The number of aromatic amines is 1. The Hall–Kier alpha value is -3.95. The Balaban J connectivity index is 1.54. The number of rotatable bonds is 8. The van der Waals surface area contributed by atoms with Crippen LogP contribution < -0.4 is 21.1 Å². The lowest BCUT2D eigenvalue weighted by atomic mass is 9.98. The molecule has 0 radical (unpaired) electrons. The van der Waals surface area contributed by atoms with Crippen LogP contribution >= 0.6 is 0 Å². The molecule has 4 aromatic rings. The highest BCUT2D eigenvalue weighted by Crippen LogP contribution is 2.33. The van der Waals surface area contributed by atoms with Gasteiger partial charge in [0.1, 0.15) is 5.82 Å². The molecule has 3 N–H and O–H groups in total. The average molecular weight is 543 g/mol. The van der Waals surface area contributed by atoms with Crippen molar-refractivity contribution in [3.63, 3.8) is 0 Å². The Morgan fingerprint density at radius 1 is 1.10 bits per heavy atom. The molecule has 5 rings (SSSR count). The first-order chi connectivity index (χ1) is 19.3. The van der Waals surface area contributed by atoms with E-state index in [0.29, 0.717) is 17.7 Å². The number of benzene rings is 1. The second-order valence-corrected chi connectivity index (χ2v) is 10.7. The van der Waals surface area contributed by atoms with Crippen molar-refractivity contribution < 1.29 is 9.53 Å². The summed E-state index contributed by atoms with van der Waals surface area (Å²) in [6.07, 6.45) is 3.96. The summed E-state index contributed by atoms with van der Waals surface area (Å²) < 4.78 is 7.62. The lowest BCUT2D eigenvalue weighted by Gasteiger charge is -2.28. The Labute approximate surface area is 234 Å². The lowest BCUT2D eigenvalue weighted by Crippen LogP contribution is -2.43. The van der Waals surface area contributed by atoms with Crippen LogP contribution in [0.1, 0.15) is 45.7 Å². The number of nitrogens with zero attached hydrogens (tertiary/aromatic N) is 3. The van der Waals surface area contributed by atoms with Crippen LogP contribution in [-0.4, -0.2) is 60.3 Å². The molecule has 1 unspecified atom stereocenters. The molecule has 1 saturated heterocycles. The van der Waals surface area contributed by atoms with Gasteiger partial charge < -0.3 is 29.8 Å². The van der Waals surface area contributed by atoms with Crippen molar-refractivity contribution in [3.05, 3.63) is 81.0 Å². The standard InChI is InChI=1S/C31H38N6O3/c1-19-12-21(3)35-31(39)26(19)16-34-30(38)25-13-24(14-27-29(25)20(2)17-37(27)22(4)18-40-5)23-6-7-28(33-15-23)36-10-8-32-9-11-36/h6-7,12-15,17,22,32H,8-11,16,18H2,1-5H3,(H,34,38)(H,35,39). The van der Waals surface area contributed by atoms with Crippen molar-refractivity contribution in [2.45, 2.75) is 40.3 Å². The van der Waals surface area contributed by atoms with Crippen molar-refractivity contribution in [2.75, 3.05) is 44.8 Å². The zero-order valence-electron chi connectivity index (χ0n) is 23.9. The second-order valence-electron chi connectivity index (χ2n) is 10.7. The number of aryl methyl sites for hydroxylation is 3. The average Bonchev–Trinajstić information content (AvgIpc) is 3.29. The largest absolute Gasteiger partial charge is 0.383 e. The minimum atomic E-state index is -0.225. The number of pyridine rings is 2. The Morgan fingerprint density at radius 2 is 1.88 bits per heavy atom. The minimum Gasteiger partial charge on any atom is -0.383 e. The summed E-state index contributed by atoms with van der Waals surface area (Å²) in [6, 6.07) is 10.2. The number of methoxy groups -OCH3 is 1. The summed E-state index contributed by atoms with van der Waals surface area (Å²) in [5, 5.41) is 7.27. The van der Waals surface area contributed by atoms with Gasteiger partial charge in [0.2, 0.25) is 0 Å². The molecule has 1 atom stereocenters. The van der Waals surface area contributed by atoms with Crippen LogP contribution in [0.5, 0.6) is 0 Å². The summed E-state index contributed by atoms with van der Waals surface area (Å²) in [5.41, 5.74) is 6.41. The number of hydrogen-bond donors (Lipinski definition) is 3. The molecular weight excluding hydrogens is 504 g/mol. The van der Waals surface area contributed by atoms with Gasteiger partial charge in [-0.25, -0.2) is 4.98 Å². The lowest BCUT2D eigenvalue weighted by molar-refractivity contribution is 0.0952. The number of piperazine rings is 1. The van der Waals surface area contributed by atoms with Crippen LogP contribution in [-0.2, 0) is 11.3 Å². The van der Waals surface area contributed by atoms with E-state index in [1.54, 1.807) is 7.11 Å². The zero-order chi connectivity index (χ0) is 28.4. The quantitative estimate of drug-likeness (QED) is 0.312. The van der Waals surface area contributed by atoms with E-state index in [2.05, 4.69) is 56.4 Å². The van der Waals surface area contributed by atoms with Crippen LogP contribution in [0.25, 0.3) is 22.0 Å². The molecule has 1 fully saturated rings. The summed E-state index contributed by atoms with van der Waals surface area (Å²) in [5.74, 6) is 0.729. The fraction of sp³-hybridized carbons (Fsp3) is 0.387.